The molecule has 4 heteroatoms. The molecule has 1 aromatic carbocycles. The van der Waals surface area contributed by atoms with Gasteiger partial charge in [-0.15, -0.1) is 0 Å². The Morgan fingerprint density at radius 1 is 1.25 bits per heavy atom. The zero-order valence-electron chi connectivity index (χ0n) is 9.66. The number of nitrogens with one attached hydrogen (secondary N) is 1. The van der Waals surface area contributed by atoms with Gasteiger partial charge in [-0.1, -0.05) is 26.8 Å². The first-order valence-corrected chi connectivity index (χ1v) is 5.37. The summed E-state index contributed by atoms with van der Waals surface area (Å²) in [5, 5.41) is 0.404. The van der Waals surface area contributed by atoms with Gasteiger partial charge in [0.25, 0.3) is 5.56 Å². The van der Waals surface area contributed by atoms with Crippen LogP contribution in [0, 0.1) is 0 Å². The van der Waals surface area contributed by atoms with Crippen molar-refractivity contribution in [3.05, 3.63) is 44.7 Å². The average molecular weight is 221 g/mol. The summed E-state index contributed by atoms with van der Waals surface area (Å²) >= 11 is 0. The summed E-state index contributed by atoms with van der Waals surface area (Å²) in [7, 11) is 0. The van der Waals surface area contributed by atoms with Crippen molar-refractivity contribution in [1.29, 1.82) is 0 Å². The van der Waals surface area contributed by atoms with Gasteiger partial charge >= 0.3 is 5.76 Å². The normalized spacial score (nSPS) is 9.69. The molecule has 0 aliphatic rings. The molecule has 2 aromatic rings. The summed E-state index contributed by atoms with van der Waals surface area (Å²) in [5.74, 6) is -0.712. The number of fused-ring (bicyclic) bond motifs is 1. The molecule has 0 aliphatic carbocycles. The predicted octanol–water partition coefficient (Wildman–Crippen LogP) is 2.07. The highest BCUT2D eigenvalue weighted by Crippen LogP contribution is 2.10. The molecule has 0 amide bonds. The van der Waals surface area contributed by atoms with Gasteiger partial charge in [0.05, 0.1) is 5.39 Å². The first-order chi connectivity index (χ1) is 7.70. The molecular weight excluding hydrogens is 206 g/mol. The molecule has 0 fully saturated rings. The van der Waals surface area contributed by atoms with Crippen molar-refractivity contribution < 1.29 is 4.42 Å². The second-order valence-corrected chi connectivity index (χ2v) is 3.03. The van der Waals surface area contributed by atoms with Crippen LogP contribution in [0.15, 0.2) is 32.2 Å². The SMILES string of the molecule is CC.CCc1ccc2c(=O)[nH]c(=O)oc2c1. The largest absolute Gasteiger partial charge is 0.419 e. The summed E-state index contributed by atoms with van der Waals surface area (Å²) in [6, 6.07) is 5.22. The number of hydrogen-bond acceptors (Lipinski definition) is 3. The topological polar surface area (TPSA) is 63.1 Å². The molecule has 4 nitrogen and oxygen atoms in total. The molecule has 0 bridgehead atoms. The Kier molecular flexibility index (Phi) is 4.05. The van der Waals surface area contributed by atoms with Gasteiger partial charge in [-0.2, -0.15) is 0 Å². The van der Waals surface area contributed by atoms with E-state index in [1.807, 2.05) is 26.8 Å². The first kappa shape index (κ1) is 12.2. The lowest BCUT2D eigenvalue weighted by Gasteiger charge is -1.97. The van der Waals surface area contributed by atoms with E-state index in [2.05, 4.69) is 4.98 Å². The smallest absolute Gasteiger partial charge is 0.409 e. The molecule has 0 atom stereocenters. The minimum absolute atomic E-state index is 0.345. The maximum atomic E-state index is 11.3. The average Bonchev–Trinajstić information content (AvgIpc) is 2.30. The predicted molar refractivity (Wildman–Crippen MR) is 63.8 cm³/mol. The number of hydrogen-bond donors (Lipinski definition) is 1. The Morgan fingerprint density at radius 3 is 2.56 bits per heavy atom. The van der Waals surface area contributed by atoms with Crippen LogP contribution in [0.3, 0.4) is 0 Å². The molecule has 0 spiro atoms. The van der Waals surface area contributed by atoms with Crippen LogP contribution in [-0.2, 0) is 6.42 Å². The molecule has 2 rings (SSSR count). The second kappa shape index (κ2) is 5.30. The number of aromatic amines is 1. The molecule has 0 radical (unpaired) electrons. The minimum atomic E-state index is -0.712. The molecule has 0 unspecified atom stereocenters. The van der Waals surface area contributed by atoms with Crippen LogP contribution in [0.25, 0.3) is 11.0 Å². The zero-order chi connectivity index (χ0) is 12.1. The van der Waals surface area contributed by atoms with E-state index < -0.39 is 11.3 Å². The van der Waals surface area contributed by atoms with E-state index in [4.69, 9.17) is 4.42 Å². The molecule has 1 aromatic heterocycles. The summed E-state index contributed by atoms with van der Waals surface area (Å²) in [4.78, 5) is 24.2. The highest BCUT2D eigenvalue weighted by molar-refractivity contribution is 5.75. The van der Waals surface area contributed by atoms with Crippen molar-refractivity contribution in [2.75, 3.05) is 0 Å². The van der Waals surface area contributed by atoms with Gasteiger partial charge in [0.2, 0.25) is 0 Å². The third kappa shape index (κ3) is 2.39. The van der Waals surface area contributed by atoms with E-state index in [1.165, 1.54) is 0 Å². The van der Waals surface area contributed by atoms with Crippen molar-refractivity contribution in [2.24, 2.45) is 0 Å². The number of rotatable bonds is 1. The lowest BCUT2D eigenvalue weighted by molar-refractivity contribution is 0.528. The van der Waals surface area contributed by atoms with Gasteiger partial charge in [-0.05, 0) is 24.1 Å². The lowest BCUT2D eigenvalue weighted by atomic mass is 10.1. The standard InChI is InChI=1S/C10H9NO3.C2H6/c1-2-6-3-4-7-8(5-6)14-10(13)11-9(7)12;1-2/h3-5H,2H2,1H3,(H,11,12,13);1-2H3. The number of benzene rings is 1. The maximum absolute atomic E-state index is 11.3. The Morgan fingerprint density at radius 2 is 1.94 bits per heavy atom. The second-order valence-electron chi connectivity index (χ2n) is 3.03. The Bertz CT molecular complexity index is 581. The molecule has 0 aliphatic heterocycles. The highest BCUT2D eigenvalue weighted by atomic mass is 16.4. The van der Waals surface area contributed by atoms with Gasteiger partial charge in [0, 0.05) is 0 Å². The Hall–Kier alpha value is -1.84. The first-order valence-electron chi connectivity index (χ1n) is 5.37. The van der Waals surface area contributed by atoms with Crippen molar-refractivity contribution in [3.63, 3.8) is 0 Å². The van der Waals surface area contributed by atoms with Crippen LogP contribution in [0.5, 0.6) is 0 Å². The van der Waals surface area contributed by atoms with Crippen LogP contribution in [0.4, 0.5) is 0 Å². The van der Waals surface area contributed by atoms with Crippen LogP contribution in [-0.4, -0.2) is 4.98 Å². The Labute approximate surface area is 92.9 Å². The molecule has 0 saturated carbocycles. The summed E-state index contributed by atoms with van der Waals surface area (Å²) in [6.07, 6.45) is 0.840. The van der Waals surface area contributed by atoms with Crippen LogP contribution in [0.1, 0.15) is 26.3 Å². The fourth-order valence-corrected chi connectivity index (χ4v) is 1.34. The van der Waals surface area contributed by atoms with Crippen LogP contribution in [0.2, 0.25) is 0 Å². The van der Waals surface area contributed by atoms with Gasteiger partial charge < -0.3 is 4.42 Å². The summed E-state index contributed by atoms with van der Waals surface area (Å²) < 4.78 is 4.87. The lowest BCUT2D eigenvalue weighted by Crippen LogP contribution is -2.17. The Balaban J connectivity index is 0.000000606. The fraction of sp³-hybridized carbons (Fsp3) is 0.333. The zero-order valence-corrected chi connectivity index (χ0v) is 9.66. The molecule has 0 saturated heterocycles. The van der Waals surface area contributed by atoms with Crippen molar-refractivity contribution in [3.8, 4) is 0 Å². The molecule has 1 N–H and O–H groups in total. The van der Waals surface area contributed by atoms with E-state index >= 15 is 0 Å². The third-order valence-corrected chi connectivity index (χ3v) is 2.12. The summed E-state index contributed by atoms with van der Waals surface area (Å²) in [5.41, 5.74) is 0.975. The number of aromatic nitrogens is 1. The van der Waals surface area contributed by atoms with Crippen LogP contribution < -0.4 is 11.3 Å². The fourth-order valence-electron chi connectivity index (χ4n) is 1.34. The van der Waals surface area contributed by atoms with Crippen molar-refractivity contribution in [2.45, 2.75) is 27.2 Å². The maximum Gasteiger partial charge on any atom is 0.419 e. The molecule has 1 heterocycles. The minimum Gasteiger partial charge on any atom is -0.409 e. The monoisotopic (exact) mass is 221 g/mol. The van der Waals surface area contributed by atoms with E-state index in [9.17, 15) is 9.59 Å². The van der Waals surface area contributed by atoms with E-state index in [1.54, 1.807) is 12.1 Å². The third-order valence-electron chi connectivity index (χ3n) is 2.12. The van der Waals surface area contributed by atoms with Crippen molar-refractivity contribution in [1.82, 2.24) is 4.98 Å². The highest BCUT2D eigenvalue weighted by Gasteiger charge is 2.02. The van der Waals surface area contributed by atoms with Gasteiger partial charge in [0.15, 0.2) is 0 Å². The number of aryl methyl sites for hydroxylation is 1. The number of H-pyrrole nitrogens is 1. The summed E-state index contributed by atoms with van der Waals surface area (Å²) in [6.45, 7) is 5.99. The molecule has 86 valence electrons. The van der Waals surface area contributed by atoms with E-state index in [0.29, 0.717) is 11.0 Å². The van der Waals surface area contributed by atoms with Gasteiger partial charge in [0.1, 0.15) is 5.58 Å². The molecular formula is C12H15NO3. The van der Waals surface area contributed by atoms with Gasteiger partial charge in [-0.25, -0.2) is 4.79 Å². The quantitative estimate of drug-likeness (QED) is 0.801. The van der Waals surface area contributed by atoms with Crippen LogP contribution >= 0.6 is 0 Å². The van der Waals surface area contributed by atoms with Gasteiger partial charge in [-0.3, -0.25) is 9.78 Å². The van der Waals surface area contributed by atoms with E-state index in [-0.39, 0.29) is 0 Å². The molecule has 16 heavy (non-hydrogen) atoms. The van der Waals surface area contributed by atoms with E-state index in [0.717, 1.165) is 12.0 Å². The van der Waals surface area contributed by atoms with Crippen molar-refractivity contribution >= 4 is 11.0 Å².